The smallest absolute Gasteiger partial charge is 0.262 e. The van der Waals surface area contributed by atoms with Crippen molar-refractivity contribution in [2.45, 2.75) is 37.9 Å². The third-order valence-corrected chi connectivity index (χ3v) is 6.87. The van der Waals surface area contributed by atoms with Crippen LogP contribution in [0.25, 0.3) is 0 Å². The predicted octanol–water partition coefficient (Wildman–Crippen LogP) is 2.28. The zero-order valence-corrected chi connectivity index (χ0v) is 16.5. The quantitative estimate of drug-likeness (QED) is 0.691. The second-order valence-corrected chi connectivity index (χ2v) is 8.79. The topological polar surface area (TPSA) is 73.0 Å². The standard InChI is InChI=1S/C19H23N5O2S/c1-4-23-13-19(21-14(23)2)27(25,26)24-11-15-7-5-6-8-17(15)18(12-24)16-9-20-22(3)10-16/h5-10,13,18H,4,11-12H2,1-3H3. The molecule has 0 spiro atoms. The molecule has 1 aromatic carbocycles. The van der Waals surface area contributed by atoms with Gasteiger partial charge in [-0.15, -0.1) is 0 Å². The zero-order chi connectivity index (χ0) is 19.2. The summed E-state index contributed by atoms with van der Waals surface area (Å²) < 4.78 is 31.7. The van der Waals surface area contributed by atoms with Gasteiger partial charge in [0.25, 0.3) is 10.0 Å². The number of aromatic nitrogens is 4. The van der Waals surface area contributed by atoms with Crippen molar-refractivity contribution >= 4 is 10.0 Å². The molecule has 3 heterocycles. The van der Waals surface area contributed by atoms with Gasteiger partial charge in [-0.2, -0.15) is 9.40 Å². The fraction of sp³-hybridized carbons (Fsp3) is 0.368. The average Bonchev–Trinajstić information content (AvgIpc) is 3.26. The molecule has 1 aliphatic rings. The van der Waals surface area contributed by atoms with Crippen molar-refractivity contribution in [2.24, 2.45) is 7.05 Å². The number of imidazole rings is 1. The highest BCUT2D eigenvalue weighted by atomic mass is 32.2. The van der Waals surface area contributed by atoms with Crippen LogP contribution in [0.1, 0.15) is 35.4 Å². The van der Waals surface area contributed by atoms with Gasteiger partial charge in [-0.05, 0) is 30.5 Å². The van der Waals surface area contributed by atoms with Crippen LogP contribution in [0.4, 0.5) is 0 Å². The van der Waals surface area contributed by atoms with E-state index in [1.807, 2.05) is 56.1 Å². The summed E-state index contributed by atoms with van der Waals surface area (Å²) in [5.74, 6) is 0.657. The molecule has 142 valence electrons. The number of sulfonamides is 1. The van der Waals surface area contributed by atoms with Crippen LogP contribution in [0.15, 0.2) is 47.9 Å². The highest BCUT2D eigenvalue weighted by molar-refractivity contribution is 7.89. The number of nitrogens with zero attached hydrogens (tertiary/aromatic N) is 5. The monoisotopic (exact) mass is 385 g/mol. The number of aryl methyl sites for hydroxylation is 3. The van der Waals surface area contributed by atoms with Crippen LogP contribution in [-0.4, -0.2) is 38.6 Å². The van der Waals surface area contributed by atoms with E-state index in [9.17, 15) is 8.42 Å². The van der Waals surface area contributed by atoms with E-state index in [2.05, 4.69) is 16.1 Å². The lowest BCUT2D eigenvalue weighted by molar-refractivity contribution is 0.370. The van der Waals surface area contributed by atoms with Crippen LogP contribution >= 0.6 is 0 Å². The molecule has 1 aliphatic heterocycles. The summed E-state index contributed by atoms with van der Waals surface area (Å²) in [5.41, 5.74) is 3.19. The molecule has 27 heavy (non-hydrogen) atoms. The van der Waals surface area contributed by atoms with Gasteiger partial charge in [0, 0.05) is 45.0 Å². The van der Waals surface area contributed by atoms with Gasteiger partial charge in [0.15, 0.2) is 5.03 Å². The van der Waals surface area contributed by atoms with Crippen LogP contribution in [-0.2, 0) is 30.2 Å². The molecule has 0 saturated heterocycles. The van der Waals surface area contributed by atoms with Crippen LogP contribution in [0.2, 0.25) is 0 Å². The van der Waals surface area contributed by atoms with Gasteiger partial charge >= 0.3 is 0 Å². The summed E-state index contributed by atoms with van der Waals surface area (Å²) in [6, 6.07) is 8.02. The summed E-state index contributed by atoms with van der Waals surface area (Å²) in [5, 5.41) is 4.39. The molecule has 0 bridgehead atoms. The Morgan fingerprint density at radius 1 is 1.22 bits per heavy atom. The highest BCUT2D eigenvalue weighted by Gasteiger charge is 2.35. The van der Waals surface area contributed by atoms with Crippen molar-refractivity contribution < 1.29 is 8.42 Å². The van der Waals surface area contributed by atoms with Crippen LogP contribution in [0.5, 0.6) is 0 Å². The Balaban J connectivity index is 1.76. The molecule has 1 atom stereocenters. The Morgan fingerprint density at radius 2 is 2.00 bits per heavy atom. The van der Waals surface area contributed by atoms with Crippen molar-refractivity contribution in [3.05, 3.63) is 65.4 Å². The van der Waals surface area contributed by atoms with Crippen molar-refractivity contribution in [1.82, 2.24) is 23.6 Å². The van der Waals surface area contributed by atoms with E-state index < -0.39 is 10.0 Å². The SMILES string of the molecule is CCn1cc(S(=O)(=O)N2Cc3ccccc3C(c3cnn(C)c3)C2)nc1C. The molecule has 8 heteroatoms. The minimum absolute atomic E-state index is 0.0483. The zero-order valence-electron chi connectivity index (χ0n) is 15.7. The first-order valence-electron chi connectivity index (χ1n) is 9.00. The van der Waals surface area contributed by atoms with Gasteiger partial charge in [-0.25, -0.2) is 13.4 Å². The van der Waals surface area contributed by atoms with Crippen molar-refractivity contribution in [2.75, 3.05) is 6.54 Å². The van der Waals surface area contributed by atoms with Crippen LogP contribution in [0, 0.1) is 6.92 Å². The Bertz CT molecular complexity index is 1080. The molecule has 0 amide bonds. The fourth-order valence-corrected chi connectivity index (χ4v) is 5.15. The summed E-state index contributed by atoms with van der Waals surface area (Å²) in [4.78, 5) is 4.30. The van der Waals surface area contributed by atoms with Gasteiger partial charge in [0.05, 0.1) is 6.20 Å². The van der Waals surface area contributed by atoms with E-state index >= 15 is 0 Å². The minimum atomic E-state index is -3.68. The molecular weight excluding hydrogens is 362 g/mol. The van der Waals surface area contributed by atoms with E-state index in [1.165, 1.54) is 4.31 Å². The lowest BCUT2D eigenvalue weighted by atomic mass is 9.87. The third kappa shape index (κ3) is 3.08. The first-order valence-corrected chi connectivity index (χ1v) is 10.4. The minimum Gasteiger partial charge on any atom is -0.334 e. The van der Waals surface area contributed by atoms with Crippen LogP contribution in [0.3, 0.4) is 0 Å². The molecule has 4 rings (SSSR count). The van der Waals surface area contributed by atoms with E-state index in [0.717, 1.165) is 16.7 Å². The average molecular weight is 385 g/mol. The summed E-state index contributed by atoms with van der Waals surface area (Å²) in [6.45, 7) is 5.22. The molecular formula is C19H23N5O2S. The summed E-state index contributed by atoms with van der Waals surface area (Å²) in [7, 11) is -1.81. The molecule has 0 saturated carbocycles. The number of rotatable bonds is 4. The molecule has 0 aliphatic carbocycles. The number of fused-ring (bicyclic) bond motifs is 1. The molecule has 2 aromatic heterocycles. The number of hydrogen-bond donors (Lipinski definition) is 0. The second kappa shape index (κ2) is 6.61. The lowest BCUT2D eigenvalue weighted by Gasteiger charge is -2.33. The van der Waals surface area contributed by atoms with Gasteiger partial charge in [0.1, 0.15) is 5.82 Å². The van der Waals surface area contributed by atoms with Gasteiger partial charge in [-0.3, -0.25) is 4.68 Å². The van der Waals surface area contributed by atoms with E-state index in [4.69, 9.17) is 0 Å². The van der Waals surface area contributed by atoms with Gasteiger partial charge < -0.3 is 4.57 Å². The Hall–Kier alpha value is -2.45. The molecule has 7 nitrogen and oxygen atoms in total. The first-order chi connectivity index (χ1) is 12.9. The molecule has 1 unspecified atom stereocenters. The van der Waals surface area contributed by atoms with Crippen molar-refractivity contribution in [1.29, 1.82) is 0 Å². The Labute approximate surface area is 159 Å². The molecule has 0 N–H and O–H groups in total. The second-order valence-electron chi connectivity index (χ2n) is 6.91. The van der Waals surface area contributed by atoms with E-state index in [0.29, 0.717) is 25.5 Å². The maximum absolute atomic E-state index is 13.3. The highest BCUT2D eigenvalue weighted by Crippen LogP contribution is 2.35. The number of hydrogen-bond acceptors (Lipinski definition) is 4. The summed E-state index contributed by atoms with van der Waals surface area (Å²) >= 11 is 0. The van der Waals surface area contributed by atoms with E-state index in [-0.39, 0.29) is 10.9 Å². The molecule has 0 radical (unpaired) electrons. The number of benzene rings is 1. The van der Waals surface area contributed by atoms with E-state index in [1.54, 1.807) is 10.9 Å². The van der Waals surface area contributed by atoms with Gasteiger partial charge in [0.2, 0.25) is 0 Å². The Morgan fingerprint density at radius 3 is 2.67 bits per heavy atom. The lowest BCUT2D eigenvalue weighted by Crippen LogP contribution is -2.38. The van der Waals surface area contributed by atoms with Crippen LogP contribution < -0.4 is 0 Å². The molecule has 0 fully saturated rings. The maximum Gasteiger partial charge on any atom is 0.262 e. The fourth-order valence-electron chi connectivity index (χ4n) is 3.72. The predicted molar refractivity (Wildman–Crippen MR) is 102 cm³/mol. The van der Waals surface area contributed by atoms with Crippen molar-refractivity contribution in [3.8, 4) is 0 Å². The maximum atomic E-state index is 13.3. The van der Waals surface area contributed by atoms with Gasteiger partial charge in [-0.1, -0.05) is 24.3 Å². The Kier molecular flexibility index (Phi) is 4.39. The summed E-state index contributed by atoms with van der Waals surface area (Å²) in [6.07, 6.45) is 5.39. The normalized spacial score (nSPS) is 17.8. The van der Waals surface area contributed by atoms with Crippen molar-refractivity contribution in [3.63, 3.8) is 0 Å². The first kappa shape index (κ1) is 17.9. The molecule has 3 aromatic rings. The third-order valence-electron chi connectivity index (χ3n) is 5.19. The largest absolute Gasteiger partial charge is 0.334 e.